The number of anilines is 1. The third kappa shape index (κ3) is 3.61. The molecule has 1 N–H and O–H groups in total. The van der Waals surface area contributed by atoms with Gasteiger partial charge in [0.2, 0.25) is 0 Å². The summed E-state index contributed by atoms with van der Waals surface area (Å²) >= 11 is 3.36. The highest BCUT2D eigenvalue weighted by Gasteiger charge is 2.17. The molecule has 0 radical (unpaired) electrons. The maximum absolute atomic E-state index is 12.6. The summed E-state index contributed by atoms with van der Waals surface area (Å²) in [5, 5.41) is 2.95. The molecule has 0 aliphatic rings. The smallest absolute Gasteiger partial charge is 0.257 e. The molecule has 2 aromatic rings. The Bertz CT molecular complexity index is 658. The number of halogens is 1. The van der Waals surface area contributed by atoms with Crippen LogP contribution in [0, 0.1) is 6.92 Å². The van der Waals surface area contributed by atoms with E-state index in [1.807, 2.05) is 31.2 Å². The lowest BCUT2D eigenvalue weighted by atomic mass is 10.1. The van der Waals surface area contributed by atoms with Crippen LogP contribution in [0.3, 0.4) is 0 Å². The average molecular weight is 348 g/mol. The van der Waals surface area contributed by atoms with Crippen molar-refractivity contribution in [3.8, 4) is 0 Å². The highest BCUT2D eigenvalue weighted by atomic mass is 79.9. The van der Waals surface area contributed by atoms with Crippen LogP contribution in [-0.2, 0) is 6.54 Å². The molecule has 1 heterocycles. The molecule has 0 atom stereocenters. The molecule has 110 valence electrons. The number of hydrogen-bond acceptors (Lipinski definition) is 3. The maximum Gasteiger partial charge on any atom is 0.257 e. The van der Waals surface area contributed by atoms with Gasteiger partial charge >= 0.3 is 0 Å². The number of nitrogens with one attached hydrogen (secondary N) is 1. The Labute approximate surface area is 133 Å². The third-order valence-electron chi connectivity index (χ3n) is 3.34. The summed E-state index contributed by atoms with van der Waals surface area (Å²) in [5.74, 6) is 0.524. The lowest BCUT2D eigenvalue weighted by Crippen LogP contribution is -2.27. The summed E-state index contributed by atoms with van der Waals surface area (Å²) in [6, 6.07) is 9.86. The minimum absolute atomic E-state index is 0.0589. The van der Waals surface area contributed by atoms with Gasteiger partial charge in [-0.1, -0.05) is 24.3 Å². The van der Waals surface area contributed by atoms with Crippen molar-refractivity contribution in [2.45, 2.75) is 13.5 Å². The van der Waals surface area contributed by atoms with Gasteiger partial charge < -0.3 is 10.2 Å². The van der Waals surface area contributed by atoms with Crippen LogP contribution in [-0.4, -0.2) is 29.9 Å². The Morgan fingerprint density at radius 1 is 1.38 bits per heavy atom. The minimum Gasteiger partial charge on any atom is -0.372 e. The summed E-state index contributed by atoms with van der Waals surface area (Å²) in [4.78, 5) is 18.5. The van der Waals surface area contributed by atoms with E-state index in [0.29, 0.717) is 17.9 Å². The van der Waals surface area contributed by atoms with Crippen LogP contribution in [0.4, 0.5) is 5.82 Å². The van der Waals surface area contributed by atoms with Gasteiger partial charge in [-0.25, -0.2) is 4.98 Å². The summed E-state index contributed by atoms with van der Waals surface area (Å²) in [6.45, 7) is 2.62. The molecule has 5 heteroatoms. The lowest BCUT2D eigenvalue weighted by molar-refractivity contribution is 0.0785. The molecule has 1 amide bonds. The Morgan fingerprint density at radius 3 is 2.76 bits per heavy atom. The monoisotopic (exact) mass is 347 g/mol. The number of rotatable bonds is 4. The normalized spacial score (nSPS) is 10.3. The second kappa shape index (κ2) is 6.72. The fraction of sp³-hybridized carbons (Fsp3) is 0.250. The maximum atomic E-state index is 12.6. The molecule has 1 aromatic heterocycles. The van der Waals surface area contributed by atoms with Gasteiger partial charge in [-0.15, -0.1) is 0 Å². The van der Waals surface area contributed by atoms with Crippen LogP contribution in [0.1, 0.15) is 21.5 Å². The highest BCUT2D eigenvalue weighted by Crippen LogP contribution is 2.20. The number of benzene rings is 1. The van der Waals surface area contributed by atoms with E-state index in [4.69, 9.17) is 0 Å². The molecule has 0 aliphatic carbocycles. The largest absolute Gasteiger partial charge is 0.372 e. The molecule has 0 saturated carbocycles. The van der Waals surface area contributed by atoms with Crippen molar-refractivity contribution >= 4 is 27.7 Å². The first-order chi connectivity index (χ1) is 10.0. The molecule has 0 spiro atoms. The fourth-order valence-electron chi connectivity index (χ4n) is 2.12. The SMILES string of the molecule is CNc1ncc(Br)cc1C(=O)N(C)Cc1ccccc1C. The predicted octanol–water partition coefficient (Wildman–Crippen LogP) is 3.47. The second-order valence-corrected chi connectivity index (χ2v) is 5.80. The van der Waals surface area contributed by atoms with Gasteiger partial charge in [0.05, 0.1) is 5.56 Å². The van der Waals surface area contributed by atoms with Crippen molar-refractivity contribution in [2.24, 2.45) is 0 Å². The molecule has 0 fully saturated rings. The van der Waals surface area contributed by atoms with Gasteiger partial charge in [-0.2, -0.15) is 0 Å². The van der Waals surface area contributed by atoms with Crippen LogP contribution in [0.25, 0.3) is 0 Å². The molecular weight excluding hydrogens is 330 g/mol. The predicted molar refractivity (Wildman–Crippen MR) is 88.5 cm³/mol. The van der Waals surface area contributed by atoms with Gasteiger partial charge in [0.1, 0.15) is 5.82 Å². The molecule has 0 saturated heterocycles. The van der Waals surface area contributed by atoms with Crippen LogP contribution in [0.15, 0.2) is 41.0 Å². The summed E-state index contributed by atoms with van der Waals surface area (Å²) in [6.07, 6.45) is 1.67. The van der Waals surface area contributed by atoms with E-state index in [-0.39, 0.29) is 5.91 Å². The van der Waals surface area contributed by atoms with E-state index >= 15 is 0 Å². The Balaban J connectivity index is 2.24. The van der Waals surface area contributed by atoms with E-state index in [1.54, 1.807) is 31.3 Å². The van der Waals surface area contributed by atoms with Crippen LogP contribution in [0.2, 0.25) is 0 Å². The number of aryl methyl sites for hydroxylation is 1. The number of aromatic nitrogens is 1. The zero-order chi connectivity index (χ0) is 15.4. The lowest BCUT2D eigenvalue weighted by Gasteiger charge is -2.20. The van der Waals surface area contributed by atoms with Gasteiger partial charge in [0.15, 0.2) is 0 Å². The minimum atomic E-state index is -0.0589. The number of nitrogens with zero attached hydrogens (tertiary/aromatic N) is 2. The van der Waals surface area contributed by atoms with Crippen molar-refractivity contribution in [3.63, 3.8) is 0 Å². The first-order valence-corrected chi connectivity index (χ1v) is 7.45. The van der Waals surface area contributed by atoms with E-state index in [1.165, 1.54) is 5.56 Å². The Morgan fingerprint density at radius 2 is 2.10 bits per heavy atom. The third-order valence-corrected chi connectivity index (χ3v) is 3.77. The van der Waals surface area contributed by atoms with Gasteiger partial charge in [0.25, 0.3) is 5.91 Å². The average Bonchev–Trinajstić information content (AvgIpc) is 2.48. The molecule has 2 rings (SSSR count). The number of pyridine rings is 1. The molecule has 4 nitrogen and oxygen atoms in total. The van der Waals surface area contributed by atoms with Crippen molar-refractivity contribution < 1.29 is 4.79 Å². The van der Waals surface area contributed by atoms with Crippen molar-refractivity contribution in [1.29, 1.82) is 0 Å². The standard InChI is InChI=1S/C16H18BrN3O/c1-11-6-4-5-7-12(11)10-20(3)16(21)14-8-13(17)9-19-15(14)18-2/h4-9H,10H2,1-3H3,(H,18,19). The van der Waals surface area contributed by atoms with E-state index in [9.17, 15) is 4.79 Å². The van der Waals surface area contributed by atoms with Crippen molar-refractivity contribution in [1.82, 2.24) is 9.88 Å². The van der Waals surface area contributed by atoms with E-state index in [0.717, 1.165) is 10.0 Å². The summed E-state index contributed by atoms with van der Waals surface area (Å²) < 4.78 is 0.786. The number of amides is 1. The topological polar surface area (TPSA) is 45.2 Å². The molecule has 0 aliphatic heterocycles. The Hall–Kier alpha value is -1.88. The van der Waals surface area contributed by atoms with E-state index in [2.05, 4.69) is 26.2 Å². The van der Waals surface area contributed by atoms with Crippen LogP contribution >= 0.6 is 15.9 Å². The summed E-state index contributed by atoms with van der Waals surface area (Å²) in [5.41, 5.74) is 2.88. The van der Waals surface area contributed by atoms with Crippen molar-refractivity contribution in [3.05, 3.63) is 57.7 Å². The van der Waals surface area contributed by atoms with E-state index < -0.39 is 0 Å². The van der Waals surface area contributed by atoms with Gasteiger partial charge in [-0.3, -0.25) is 4.79 Å². The van der Waals surface area contributed by atoms with Crippen LogP contribution in [0.5, 0.6) is 0 Å². The van der Waals surface area contributed by atoms with Crippen molar-refractivity contribution in [2.75, 3.05) is 19.4 Å². The highest BCUT2D eigenvalue weighted by molar-refractivity contribution is 9.10. The fourth-order valence-corrected chi connectivity index (χ4v) is 2.45. The first kappa shape index (κ1) is 15.5. The molecule has 1 aromatic carbocycles. The zero-order valence-electron chi connectivity index (χ0n) is 12.4. The Kier molecular flexibility index (Phi) is 4.96. The number of hydrogen-bond donors (Lipinski definition) is 1. The molecule has 0 unspecified atom stereocenters. The van der Waals surface area contributed by atoms with Gasteiger partial charge in [-0.05, 0) is 40.0 Å². The molecule has 21 heavy (non-hydrogen) atoms. The molecule has 0 bridgehead atoms. The number of carbonyl (C=O) groups excluding carboxylic acids is 1. The molecular formula is C16H18BrN3O. The number of carbonyl (C=O) groups is 1. The first-order valence-electron chi connectivity index (χ1n) is 6.66. The van der Waals surface area contributed by atoms with Crippen LogP contribution < -0.4 is 5.32 Å². The zero-order valence-corrected chi connectivity index (χ0v) is 13.9. The second-order valence-electron chi connectivity index (χ2n) is 4.89. The summed E-state index contributed by atoms with van der Waals surface area (Å²) in [7, 11) is 3.56. The van der Waals surface area contributed by atoms with Gasteiger partial charge in [0, 0.05) is 31.3 Å². The quantitative estimate of drug-likeness (QED) is 0.920.